The minimum atomic E-state index is -0.141. The van der Waals surface area contributed by atoms with Gasteiger partial charge in [-0.25, -0.2) is 0 Å². The summed E-state index contributed by atoms with van der Waals surface area (Å²) < 4.78 is 5.79. The maximum atomic E-state index is 12.4. The van der Waals surface area contributed by atoms with Crippen molar-refractivity contribution in [1.29, 1.82) is 0 Å². The predicted molar refractivity (Wildman–Crippen MR) is 85.0 cm³/mol. The zero-order valence-corrected chi connectivity index (χ0v) is 13.0. The molecule has 0 aliphatic carbocycles. The average molecular weight is 317 g/mol. The summed E-state index contributed by atoms with van der Waals surface area (Å²) in [5.74, 6) is -0.111. The van der Waals surface area contributed by atoms with Crippen LogP contribution in [0.25, 0.3) is 0 Å². The van der Waals surface area contributed by atoms with E-state index >= 15 is 0 Å². The number of hydrogen-bond acceptors (Lipinski definition) is 3. The van der Waals surface area contributed by atoms with Gasteiger partial charge in [-0.2, -0.15) is 0 Å². The molecule has 1 amide bonds. The first-order valence-corrected chi connectivity index (χ1v) is 7.62. The van der Waals surface area contributed by atoms with Crippen molar-refractivity contribution in [3.05, 3.63) is 64.4 Å². The number of pyridine rings is 1. The van der Waals surface area contributed by atoms with Crippen LogP contribution in [-0.4, -0.2) is 23.5 Å². The molecule has 22 heavy (non-hydrogen) atoms. The molecule has 2 atom stereocenters. The number of aryl methyl sites for hydroxylation is 1. The highest BCUT2D eigenvalue weighted by atomic mass is 35.5. The molecule has 1 aromatic heterocycles. The van der Waals surface area contributed by atoms with Gasteiger partial charge < -0.3 is 10.1 Å². The molecule has 0 spiro atoms. The predicted octanol–water partition coefficient (Wildman–Crippen LogP) is 3.30. The molecule has 114 valence electrons. The number of halogens is 1. The Kier molecular flexibility index (Phi) is 4.41. The molecule has 3 rings (SSSR count). The summed E-state index contributed by atoms with van der Waals surface area (Å²) in [6.45, 7) is 2.46. The van der Waals surface area contributed by atoms with Crippen LogP contribution in [-0.2, 0) is 4.74 Å². The van der Waals surface area contributed by atoms with Crippen molar-refractivity contribution in [1.82, 2.24) is 10.3 Å². The summed E-state index contributed by atoms with van der Waals surface area (Å²) in [4.78, 5) is 16.6. The molecular formula is C17H17ClN2O2. The van der Waals surface area contributed by atoms with Crippen LogP contribution in [0.3, 0.4) is 0 Å². The summed E-state index contributed by atoms with van der Waals surface area (Å²) in [5, 5.41) is 3.75. The number of carbonyl (C=O) groups excluding carboxylic acids is 1. The first kappa shape index (κ1) is 15.0. The van der Waals surface area contributed by atoms with Crippen molar-refractivity contribution in [2.75, 3.05) is 6.61 Å². The normalized spacial score (nSPS) is 20.8. The number of ether oxygens (including phenoxy) is 1. The largest absolute Gasteiger partial charge is 0.371 e. The third kappa shape index (κ3) is 3.13. The van der Waals surface area contributed by atoms with Gasteiger partial charge in [0, 0.05) is 23.5 Å². The van der Waals surface area contributed by atoms with Gasteiger partial charge in [-0.05, 0) is 43.2 Å². The summed E-state index contributed by atoms with van der Waals surface area (Å²) in [6, 6.07) is 11.0. The van der Waals surface area contributed by atoms with E-state index in [2.05, 4.69) is 10.3 Å². The maximum Gasteiger partial charge on any atom is 0.253 e. The van der Waals surface area contributed by atoms with Gasteiger partial charge >= 0.3 is 0 Å². The minimum absolute atomic E-state index is 0.0479. The maximum absolute atomic E-state index is 12.4. The summed E-state index contributed by atoms with van der Waals surface area (Å²) in [5.41, 5.74) is 2.35. The SMILES string of the molecule is Cc1ncccc1C(=O)N[C@H]1CCO[C@H]1c1ccc(Cl)cc1. The van der Waals surface area contributed by atoms with E-state index in [0.29, 0.717) is 17.2 Å². The second-order valence-electron chi connectivity index (χ2n) is 5.35. The Hall–Kier alpha value is -1.91. The zero-order valence-electron chi connectivity index (χ0n) is 12.3. The second kappa shape index (κ2) is 6.46. The first-order valence-electron chi connectivity index (χ1n) is 7.24. The summed E-state index contributed by atoms with van der Waals surface area (Å²) >= 11 is 5.92. The molecule has 1 aliphatic rings. The Labute approximate surface area is 134 Å². The lowest BCUT2D eigenvalue weighted by molar-refractivity contribution is 0.0821. The highest BCUT2D eigenvalue weighted by Crippen LogP contribution is 2.30. The Morgan fingerprint density at radius 3 is 2.82 bits per heavy atom. The molecule has 1 aromatic carbocycles. The molecule has 2 aromatic rings. The number of amides is 1. The lowest BCUT2D eigenvalue weighted by Gasteiger charge is -2.20. The number of carbonyl (C=O) groups is 1. The highest BCUT2D eigenvalue weighted by Gasteiger charge is 2.31. The van der Waals surface area contributed by atoms with Crippen molar-refractivity contribution in [2.24, 2.45) is 0 Å². The quantitative estimate of drug-likeness (QED) is 0.945. The topological polar surface area (TPSA) is 51.2 Å². The molecule has 0 bridgehead atoms. The fourth-order valence-electron chi connectivity index (χ4n) is 2.69. The van der Waals surface area contributed by atoms with Gasteiger partial charge in [-0.3, -0.25) is 9.78 Å². The van der Waals surface area contributed by atoms with Crippen LogP contribution in [0.4, 0.5) is 0 Å². The molecule has 1 fully saturated rings. The van der Waals surface area contributed by atoms with Gasteiger partial charge in [0.05, 0.1) is 11.6 Å². The van der Waals surface area contributed by atoms with Crippen molar-refractivity contribution in [2.45, 2.75) is 25.5 Å². The molecular weight excluding hydrogens is 300 g/mol. The zero-order chi connectivity index (χ0) is 15.5. The summed E-state index contributed by atoms with van der Waals surface area (Å²) in [7, 11) is 0. The van der Waals surface area contributed by atoms with Gasteiger partial charge in [0.1, 0.15) is 6.10 Å². The minimum Gasteiger partial charge on any atom is -0.371 e. The number of benzene rings is 1. The van der Waals surface area contributed by atoms with Crippen molar-refractivity contribution < 1.29 is 9.53 Å². The number of aromatic nitrogens is 1. The van der Waals surface area contributed by atoms with Crippen LogP contribution in [0.1, 0.15) is 34.1 Å². The van der Waals surface area contributed by atoms with E-state index in [0.717, 1.165) is 17.7 Å². The van der Waals surface area contributed by atoms with E-state index in [1.165, 1.54) is 0 Å². The Morgan fingerprint density at radius 2 is 2.09 bits per heavy atom. The molecule has 4 nitrogen and oxygen atoms in total. The molecule has 1 N–H and O–H groups in total. The first-order chi connectivity index (χ1) is 10.6. The lowest BCUT2D eigenvalue weighted by atomic mass is 10.0. The molecule has 0 saturated carbocycles. The smallest absolute Gasteiger partial charge is 0.253 e. The third-order valence-corrected chi connectivity index (χ3v) is 4.11. The standard InChI is InChI=1S/C17H17ClN2O2/c1-11-14(3-2-9-19-11)17(21)20-15-8-10-22-16(15)12-4-6-13(18)7-5-12/h2-7,9,15-16H,8,10H2,1H3,(H,20,21)/t15-,16-/m0/s1. The fraction of sp³-hybridized carbons (Fsp3) is 0.294. The van der Waals surface area contributed by atoms with Gasteiger partial charge in [-0.1, -0.05) is 23.7 Å². The average Bonchev–Trinajstić information content (AvgIpc) is 2.96. The third-order valence-electron chi connectivity index (χ3n) is 3.86. The van der Waals surface area contributed by atoms with Gasteiger partial charge in [-0.15, -0.1) is 0 Å². The van der Waals surface area contributed by atoms with E-state index in [-0.39, 0.29) is 18.1 Å². The van der Waals surface area contributed by atoms with Crippen molar-refractivity contribution in [3.63, 3.8) is 0 Å². The van der Waals surface area contributed by atoms with Crippen LogP contribution in [0.5, 0.6) is 0 Å². The van der Waals surface area contributed by atoms with Crippen molar-refractivity contribution >= 4 is 17.5 Å². The molecule has 1 aliphatic heterocycles. The monoisotopic (exact) mass is 316 g/mol. The van der Waals surface area contributed by atoms with Crippen LogP contribution in [0.2, 0.25) is 5.02 Å². The van der Waals surface area contributed by atoms with Gasteiger partial charge in [0.15, 0.2) is 0 Å². The van der Waals surface area contributed by atoms with Crippen molar-refractivity contribution in [3.8, 4) is 0 Å². The Morgan fingerprint density at radius 1 is 1.32 bits per heavy atom. The van der Waals surface area contributed by atoms with E-state index in [1.807, 2.05) is 31.2 Å². The molecule has 0 unspecified atom stereocenters. The number of nitrogens with zero attached hydrogens (tertiary/aromatic N) is 1. The molecule has 1 saturated heterocycles. The van der Waals surface area contributed by atoms with E-state index in [1.54, 1.807) is 18.3 Å². The van der Waals surface area contributed by atoms with E-state index in [4.69, 9.17) is 16.3 Å². The number of hydrogen-bond donors (Lipinski definition) is 1. The fourth-order valence-corrected chi connectivity index (χ4v) is 2.81. The lowest BCUT2D eigenvalue weighted by Crippen LogP contribution is -2.37. The van der Waals surface area contributed by atoms with Crippen LogP contribution < -0.4 is 5.32 Å². The molecule has 0 radical (unpaired) electrons. The van der Waals surface area contributed by atoms with Crippen LogP contribution >= 0.6 is 11.6 Å². The number of nitrogens with one attached hydrogen (secondary N) is 1. The highest BCUT2D eigenvalue weighted by molar-refractivity contribution is 6.30. The van der Waals surface area contributed by atoms with Gasteiger partial charge in [0.2, 0.25) is 0 Å². The summed E-state index contributed by atoms with van der Waals surface area (Å²) in [6.07, 6.45) is 2.33. The van der Waals surface area contributed by atoms with Crippen LogP contribution in [0.15, 0.2) is 42.6 Å². The van der Waals surface area contributed by atoms with Crippen LogP contribution in [0, 0.1) is 6.92 Å². The molecule has 2 heterocycles. The Bertz CT molecular complexity index is 673. The molecule has 5 heteroatoms. The van der Waals surface area contributed by atoms with E-state index < -0.39 is 0 Å². The number of rotatable bonds is 3. The van der Waals surface area contributed by atoms with E-state index in [9.17, 15) is 4.79 Å². The Balaban J connectivity index is 1.75. The van der Waals surface area contributed by atoms with Gasteiger partial charge in [0.25, 0.3) is 5.91 Å². The second-order valence-corrected chi connectivity index (χ2v) is 5.78.